The fourth-order valence-corrected chi connectivity index (χ4v) is 2.49. The van der Waals surface area contributed by atoms with Crippen molar-refractivity contribution in [2.75, 3.05) is 13.6 Å². The highest BCUT2D eigenvalue weighted by atomic mass is 16.4. The molecule has 1 aliphatic carbocycles. The van der Waals surface area contributed by atoms with Crippen molar-refractivity contribution < 1.29 is 9.90 Å². The molecule has 0 spiro atoms. The molecule has 0 radical (unpaired) electrons. The predicted octanol–water partition coefficient (Wildman–Crippen LogP) is 2.36. The van der Waals surface area contributed by atoms with Gasteiger partial charge in [0.2, 0.25) is 0 Å². The molecule has 1 saturated carbocycles. The Bertz CT molecular complexity index is 222. The predicted molar refractivity (Wildman–Crippen MR) is 60.9 cm³/mol. The summed E-state index contributed by atoms with van der Waals surface area (Å²) >= 11 is 0. The maximum atomic E-state index is 11.4. The normalized spacial score (nSPS) is 21.9. The minimum absolute atomic E-state index is 0.566. The van der Waals surface area contributed by atoms with Gasteiger partial charge in [-0.3, -0.25) is 9.69 Å². The van der Waals surface area contributed by atoms with Crippen LogP contribution in [0.3, 0.4) is 0 Å². The van der Waals surface area contributed by atoms with Gasteiger partial charge in [0.25, 0.3) is 0 Å². The van der Waals surface area contributed by atoms with Gasteiger partial charge in [0, 0.05) is 6.54 Å². The van der Waals surface area contributed by atoms with Crippen LogP contribution in [0.2, 0.25) is 0 Å². The third kappa shape index (κ3) is 2.51. The molecule has 0 aromatic heterocycles. The minimum Gasteiger partial charge on any atom is -0.480 e. The second-order valence-corrected chi connectivity index (χ2v) is 4.94. The molecule has 0 aromatic carbocycles. The zero-order valence-corrected chi connectivity index (χ0v) is 10.1. The monoisotopic (exact) mass is 213 g/mol. The highest BCUT2D eigenvalue weighted by Crippen LogP contribution is 2.35. The molecule has 1 N–H and O–H groups in total. The number of carbonyl (C=O) groups is 1. The number of carboxylic acids is 1. The smallest absolute Gasteiger partial charge is 0.324 e. The summed E-state index contributed by atoms with van der Waals surface area (Å²) in [5, 5.41) is 9.38. The lowest BCUT2D eigenvalue weighted by molar-refractivity contribution is -0.150. The van der Waals surface area contributed by atoms with E-state index in [0.29, 0.717) is 5.92 Å². The van der Waals surface area contributed by atoms with E-state index in [1.807, 2.05) is 7.05 Å². The van der Waals surface area contributed by atoms with Crippen molar-refractivity contribution in [2.24, 2.45) is 5.92 Å². The average molecular weight is 213 g/mol. The lowest BCUT2D eigenvalue weighted by Crippen LogP contribution is -2.52. The van der Waals surface area contributed by atoms with Crippen LogP contribution in [0.15, 0.2) is 0 Å². The van der Waals surface area contributed by atoms with Crippen molar-refractivity contribution in [1.82, 2.24) is 4.90 Å². The van der Waals surface area contributed by atoms with Gasteiger partial charge in [0.05, 0.1) is 0 Å². The van der Waals surface area contributed by atoms with Crippen molar-refractivity contribution >= 4 is 5.97 Å². The number of nitrogens with zero attached hydrogens (tertiary/aromatic N) is 1. The largest absolute Gasteiger partial charge is 0.480 e. The van der Waals surface area contributed by atoms with Gasteiger partial charge in [-0.25, -0.2) is 0 Å². The van der Waals surface area contributed by atoms with Crippen LogP contribution in [0.5, 0.6) is 0 Å². The highest BCUT2D eigenvalue weighted by molar-refractivity contribution is 5.79. The second-order valence-electron chi connectivity index (χ2n) is 4.94. The Morgan fingerprint density at radius 1 is 1.47 bits per heavy atom. The molecule has 1 unspecified atom stereocenters. The van der Waals surface area contributed by atoms with Crippen LogP contribution in [0.25, 0.3) is 0 Å². The lowest BCUT2D eigenvalue weighted by atomic mass is 9.94. The van der Waals surface area contributed by atoms with E-state index in [2.05, 4.69) is 18.7 Å². The molecular formula is C12H23NO2. The van der Waals surface area contributed by atoms with E-state index in [9.17, 15) is 9.90 Å². The Morgan fingerprint density at radius 3 is 2.40 bits per heavy atom. The Hall–Kier alpha value is -0.570. The van der Waals surface area contributed by atoms with E-state index < -0.39 is 11.5 Å². The van der Waals surface area contributed by atoms with Gasteiger partial charge in [-0.2, -0.15) is 0 Å². The van der Waals surface area contributed by atoms with Crippen LogP contribution in [-0.2, 0) is 4.79 Å². The summed E-state index contributed by atoms with van der Waals surface area (Å²) in [6, 6.07) is 0. The minimum atomic E-state index is -0.634. The van der Waals surface area contributed by atoms with Crippen molar-refractivity contribution in [3.05, 3.63) is 0 Å². The highest BCUT2D eigenvalue weighted by Gasteiger charge is 2.44. The Kier molecular flexibility index (Phi) is 4.14. The van der Waals surface area contributed by atoms with E-state index in [1.165, 1.54) is 0 Å². The molecule has 1 fully saturated rings. The first kappa shape index (κ1) is 12.5. The Balaban J connectivity index is 2.68. The van der Waals surface area contributed by atoms with E-state index in [-0.39, 0.29) is 0 Å². The van der Waals surface area contributed by atoms with Gasteiger partial charge < -0.3 is 5.11 Å². The van der Waals surface area contributed by atoms with Crippen LogP contribution in [-0.4, -0.2) is 35.1 Å². The first-order chi connectivity index (χ1) is 7.03. The maximum Gasteiger partial charge on any atom is 0.324 e. The van der Waals surface area contributed by atoms with E-state index >= 15 is 0 Å². The standard InChI is InChI=1S/C12H23NO2/c1-4-10(2)9-13(3)12(11(14)15)7-5-6-8-12/h10H,4-9H2,1-3H3,(H,14,15). The molecular weight excluding hydrogens is 190 g/mol. The molecule has 0 bridgehead atoms. The quantitative estimate of drug-likeness (QED) is 0.762. The van der Waals surface area contributed by atoms with Crippen LogP contribution in [0.4, 0.5) is 0 Å². The van der Waals surface area contributed by atoms with Crippen molar-refractivity contribution in [3.63, 3.8) is 0 Å². The van der Waals surface area contributed by atoms with E-state index in [0.717, 1.165) is 38.6 Å². The van der Waals surface area contributed by atoms with Gasteiger partial charge in [-0.15, -0.1) is 0 Å². The first-order valence-corrected chi connectivity index (χ1v) is 5.97. The van der Waals surface area contributed by atoms with Gasteiger partial charge in [0.1, 0.15) is 5.54 Å². The van der Waals surface area contributed by atoms with Gasteiger partial charge in [0.15, 0.2) is 0 Å². The number of likely N-dealkylation sites (N-methyl/N-ethyl adjacent to an activating group) is 1. The third-order valence-electron chi connectivity index (χ3n) is 3.84. The SMILES string of the molecule is CCC(C)CN(C)C1(C(=O)O)CCCC1. The molecule has 0 amide bonds. The zero-order valence-electron chi connectivity index (χ0n) is 10.1. The van der Waals surface area contributed by atoms with Crippen molar-refractivity contribution in [2.45, 2.75) is 51.5 Å². The summed E-state index contributed by atoms with van der Waals surface area (Å²) in [6.45, 7) is 5.23. The van der Waals surface area contributed by atoms with Gasteiger partial charge in [-0.05, 0) is 25.8 Å². The molecule has 88 valence electrons. The summed E-state index contributed by atoms with van der Waals surface area (Å²) in [7, 11) is 1.96. The summed E-state index contributed by atoms with van der Waals surface area (Å²) < 4.78 is 0. The zero-order chi connectivity index (χ0) is 11.5. The number of rotatable bonds is 5. The first-order valence-electron chi connectivity index (χ1n) is 5.97. The molecule has 15 heavy (non-hydrogen) atoms. The van der Waals surface area contributed by atoms with Crippen LogP contribution >= 0.6 is 0 Å². The fourth-order valence-electron chi connectivity index (χ4n) is 2.49. The molecule has 0 aliphatic heterocycles. The third-order valence-corrected chi connectivity index (χ3v) is 3.84. The average Bonchev–Trinajstić information content (AvgIpc) is 2.67. The number of carboxylic acid groups (broad SMARTS) is 1. The van der Waals surface area contributed by atoms with Crippen molar-refractivity contribution in [3.8, 4) is 0 Å². The molecule has 0 saturated heterocycles. The van der Waals surface area contributed by atoms with Crippen LogP contribution < -0.4 is 0 Å². The number of hydrogen-bond donors (Lipinski definition) is 1. The number of hydrogen-bond acceptors (Lipinski definition) is 2. The van der Waals surface area contributed by atoms with Gasteiger partial charge >= 0.3 is 5.97 Å². The number of aliphatic carboxylic acids is 1. The molecule has 1 atom stereocenters. The Morgan fingerprint density at radius 2 is 2.00 bits per heavy atom. The summed E-state index contributed by atoms with van der Waals surface area (Å²) in [5.74, 6) is -0.0578. The molecule has 3 heteroatoms. The van der Waals surface area contributed by atoms with Crippen molar-refractivity contribution in [1.29, 1.82) is 0 Å². The Labute approximate surface area is 92.5 Å². The fraction of sp³-hybridized carbons (Fsp3) is 0.917. The second kappa shape index (κ2) is 4.97. The van der Waals surface area contributed by atoms with E-state index in [1.54, 1.807) is 0 Å². The van der Waals surface area contributed by atoms with Crippen LogP contribution in [0, 0.1) is 5.92 Å². The molecule has 0 heterocycles. The van der Waals surface area contributed by atoms with Gasteiger partial charge in [-0.1, -0.05) is 33.1 Å². The topological polar surface area (TPSA) is 40.5 Å². The summed E-state index contributed by atoms with van der Waals surface area (Å²) in [5.41, 5.74) is -0.566. The molecule has 1 rings (SSSR count). The maximum absolute atomic E-state index is 11.4. The molecule has 3 nitrogen and oxygen atoms in total. The lowest BCUT2D eigenvalue weighted by Gasteiger charge is -2.36. The van der Waals surface area contributed by atoms with Crippen LogP contribution in [0.1, 0.15) is 46.0 Å². The summed E-state index contributed by atoms with van der Waals surface area (Å²) in [4.78, 5) is 13.5. The molecule has 1 aliphatic rings. The van der Waals surface area contributed by atoms with E-state index in [4.69, 9.17) is 0 Å². The molecule has 0 aromatic rings. The summed E-state index contributed by atoms with van der Waals surface area (Å²) in [6.07, 6.45) is 4.85.